The molecule has 3 heterocycles. The van der Waals surface area contributed by atoms with Crippen molar-refractivity contribution in [1.29, 1.82) is 0 Å². The fourth-order valence-corrected chi connectivity index (χ4v) is 1.52. The second kappa shape index (κ2) is 4.50. The van der Waals surface area contributed by atoms with Crippen molar-refractivity contribution in [3.05, 3.63) is 0 Å². The first kappa shape index (κ1) is 11.1. The molecular formula is C6H15N2O4P. The second-order valence-corrected chi connectivity index (χ2v) is 4.22. The third kappa shape index (κ3) is 5.36. The Morgan fingerprint density at radius 2 is 0.923 bits per heavy atom. The molecule has 0 radical (unpaired) electrons. The van der Waals surface area contributed by atoms with E-state index in [9.17, 15) is 0 Å². The molecule has 2 bridgehead atoms. The van der Waals surface area contributed by atoms with Gasteiger partial charge in [0.1, 0.15) is 0 Å². The largest absolute Gasteiger partial charge is 0.466 e. The second-order valence-electron chi connectivity index (χ2n) is 3.20. The molecule has 3 aliphatic heterocycles. The van der Waals surface area contributed by atoms with Gasteiger partial charge in [-0.25, -0.2) is 4.57 Å². The molecule has 3 rings (SSSR count). The molecule has 7 heteroatoms. The van der Waals surface area contributed by atoms with Gasteiger partial charge in [-0.05, 0) is 0 Å². The van der Waals surface area contributed by atoms with Gasteiger partial charge < -0.3 is 14.7 Å². The zero-order valence-electron chi connectivity index (χ0n) is 7.33. The van der Waals surface area contributed by atoms with E-state index in [1.54, 1.807) is 0 Å². The van der Waals surface area contributed by atoms with Gasteiger partial charge in [0.2, 0.25) is 0 Å². The third-order valence-corrected chi connectivity index (χ3v) is 2.20. The lowest BCUT2D eigenvalue weighted by Gasteiger charge is -2.41. The van der Waals surface area contributed by atoms with Crippen LogP contribution < -0.4 is 0 Å². The van der Waals surface area contributed by atoms with Gasteiger partial charge in [0.05, 0.1) is 0 Å². The van der Waals surface area contributed by atoms with Crippen LogP contribution in [0, 0.1) is 0 Å². The topological polar surface area (TPSA) is 84.2 Å². The predicted octanol–water partition coefficient (Wildman–Crippen LogP) is -1.31. The summed E-state index contributed by atoms with van der Waals surface area (Å²) in [6.07, 6.45) is 0. The summed E-state index contributed by atoms with van der Waals surface area (Å²) in [7, 11) is -4.64. The van der Waals surface area contributed by atoms with Crippen LogP contribution in [0.4, 0.5) is 0 Å². The highest BCUT2D eigenvalue weighted by atomic mass is 31.2. The molecule has 0 saturated carbocycles. The molecular weight excluding hydrogens is 195 g/mol. The first-order valence-electron chi connectivity index (χ1n) is 4.18. The summed E-state index contributed by atoms with van der Waals surface area (Å²) in [5, 5.41) is 0. The predicted molar refractivity (Wildman–Crippen MR) is 47.1 cm³/mol. The molecule has 0 aromatic carbocycles. The van der Waals surface area contributed by atoms with Crippen molar-refractivity contribution in [2.45, 2.75) is 0 Å². The molecule has 0 amide bonds. The van der Waals surface area contributed by atoms with Crippen molar-refractivity contribution >= 4 is 7.82 Å². The maximum atomic E-state index is 8.88. The minimum atomic E-state index is -4.64. The number of hydrogen-bond donors (Lipinski definition) is 3. The Kier molecular flexibility index (Phi) is 3.85. The lowest BCUT2D eigenvalue weighted by atomic mass is 10.2. The van der Waals surface area contributed by atoms with E-state index >= 15 is 0 Å². The van der Waals surface area contributed by atoms with Gasteiger partial charge >= 0.3 is 7.82 Å². The fraction of sp³-hybridized carbons (Fsp3) is 1.00. The van der Waals surface area contributed by atoms with Gasteiger partial charge in [-0.1, -0.05) is 0 Å². The Bertz CT molecular complexity index is 168. The van der Waals surface area contributed by atoms with Crippen molar-refractivity contribution in [2.24, 2.45) is 0 Å². The summed E-state index contributed by atoms with van der Waals surface area (Å²) in [5.74, 6) is 0. The highest BCUT2D eigenvalue weighted by Gasteiger charge is 2.21. The number of nitrogens with zero attached hydrogens (tertiary/aromatic N) is 2. The maximum absolute atomic E-state index is 8.88. The summed E-state index contributed by atoms with van der Waals surface area (Å²) in [6, 6.07) is 0. The Morgan fingerprint density at radius 1 is 0.769 bits per heavy atom. The highest BCUT2D eigenvalue weighted by Crippen LogP contribution is 2.25. The molecule has 3 saturated heterocycles. The summed E-state index contributed by atoms with van der Waals surface area (Å²) >= 11 is 0. The maximum Gasteiger partial charge on any atom is 0.466 e. The smallest absolute Gasteiger partial charge is 0.303 e. The molecule has 3 N–H and O–H groups in total. The van der Waals surface area contributed by atoms with Crippen LogP contribution in [0.3, 0.4) is 0 Å². The van der Waals surface area contributed by atoms with Crippen molar-refractivity contribution in [1.82, 2.24) is 9.80 Å². The van der Waals surface area contributed by atoms with Crippen molar-refractivity contribution in [3.8, 4) is 0 Å². The van der Waals surface area contributed by atoms with Gasteiger partial charge in [0.15, 0.2) is 0 Å². The normalized spacial score (nSPS) is 32.2. The van der Waals surface area contributed by atoms with Gasteiger partial charge in [-0.3, -0.25) is 9.80 Å². The molecule has 0 aliphatic carbocycles. The average molecular weight is 210 g/mol. The minimum Gasteiger partial charge on any atom is -0.303 e. The minimum absolute atomic E-state index is 1.32. The molecule has 78 valence electrons. The standard InChI is InChI=1S/C6H12N2.H3O4P/c1-2-8-5-3-7(1)4-6-8;1-5(2,3)4/h1-6H2;(H3,1,2,3,4). The quantitative estimate of drug-likeness (QED) is 0.430. The Labute approximate surface area is 77.0 Å². The van der Waals surface area contributed by atoms with Crippen molar-refractivity contribution < 1.29 is 19.2 Å². The van der Waals surface area contributed by atoms with Crippen molar-refractivity contribution in [2.75, 3.05) is 39.3 Å². The molecule has 3 fully saturated rings. The van der Waals surface area contributed by atoms with E-state index in [4.69, 9.17) is 19.2 Å². The van der Waals surface area contributed by atoms with Crippen LogP contribution >= 0.6 is 7.82 Å². The third-order valence-electron chi connectivity index (χ3n) is 2.20. The molecule has 3 aliphatic rings. The number of phosphoric acid groups is 1. The van der Waals surface area contributed by atoms with Crippen LogP contribution in [0.5, 0.6) is 0 Å². The van der Waals surface area contributed by atoms with E-state index in [-0.39, 0.29) is 0 Å². The van der Waals surface area contributed by atoms with E-state index in [1.807, 2.05) is 0 Å². The average Bonchev–Trinajstić information content (AvgIpc) is 2.05. The number of hydrogen-bond acceptors (Lipinski definition) is 3. The first-order valence-corrected chi connectivity index (χ1v) is 5.75. The van der Waals surface area contributed by atoms with Gasteiger partial charge in [-0.2, -0.15) is 0 Å². The molecule has 0 aromatic rings. The van der Waals surface area contributed by atoms with Gasteiger partial charge in [0.25, 0.3) is 0 Å². The molecule has 0 aromatic heterocycles. The Balaban J connectivity index is 0.000000149. The van der Waals surface area contributed by atoms with Gasteiger partial charge in [0, 0.05) is 39.3 Å². The van der Waals surface area contributed by atoms with Crippen LogP contribution in [0.15, 0.2) is 0 Å². The van der Waals surface area contributed by atoms with Crippen LogP contribution in [-0.4, -0.2) is 63.7 Å². The fourth-order valence-electron chi connectivity index (χ4n) is 1.52. The lowest BCUT2D eigenvalue weighted by molar-refractivity contribution is 0.0647. The monoisotopic (exact) mass is 210 g/mol. The zero-order valence-corrected chi connectivity index (χ0v) is 8.23. The summed E-state index contributed by atoms with van der Waals surface area (Å²) in [6.45, 7) is 7.92. The van der Waals surface area contributed by atoms with Crippen LogP contribution in [0.25, 0.3) is 0 Å². The Hall–Kier alpha value is 0.0300. The summed E-state index contributed by atoms with van der Waals surface area (Å²) < 4.78 is 8.88. The van der Waals surface area contributed by atoms with Crippen LogP contribution in [0.2, 0.25) is 0 Å². The van der Waals surface area contributed by atoms with E-state index < -0.39 is 7.82 Å². The molecule has 0 unspecified atom stereocenters. The molecule has 0 atom stereocenters. The molecule has 0 spiro atoms. The highest BCUT2D eigenvalue weighted by molar-refractivity contribution is 7.45. The molecule has 6 nitrogen and oxygen atoms in total. The SMILES string of the molecule is C1CN2CCN1CC2.O=P(O)(O)O. The first-order chi connectivity index (χ1) is 5.95. The number of fused-ring (bicyclic) bond motifs is 3. The zero-order chi connectivity index (χ0) is 9.90. The van der Waals surface area contributed by atoms with E-state index in [0.29, 0.717) is 0 Å². The Morgan fingerprint density at radius 3 is 1.00 bits per heavy atom. The number of piperazine rings is 3. The lowest BCUT2D eigenvalue weighted by Crippen LogP contribution is -2.55. The summed E-state index contributed by atoms with van der Waals surface area (Å²) in [5.41, 5.74) is 0. The number of rotatable bonds is 0. The van der Waals surface area contributed by atoms with E-state index in [0.717, 1.165) is 0 Å². The molecule has 13 heavy (non-hydrogen) atoms. The van der Waals surface area contributed by atoms with E-state index in [2.05, 4.69) is 9.80 Å². The van der Waals surface area contributed by atoms with Crippen molar-refractivity contribution in [3.63, 3.8) is 0 Å². The van der Waals surface area contributed by atoms with Crippen LogP contribution in [0.1, 0.15) is 0 Å². The van der Waals surface area contributed by atoms with E-state index in [1.165, 1.54) is 39.3 Å². The van der Waals surface area contributed by atoms with Gasteiger partial charge in [-0.15, -0.1) is 0 Å². The summed E-state index contributed by atoms with van der Waals surface area (Å²) in [4.78, 5) is 26.6. The van der Waals surface area contributed by atoms with Crippen LogP contribution in [-0.2, 0) is 4.57 Å².